The highest BCUT2D eigenvalue weighted by Gasteiger charge is 2.25. The Morgan fingerprint density at radius 2 is 2.13 bits per heavy atom. The smallest absolute Gasteiger partial charge is 0.314 e. The van der Waals surface area contributed by atoms with E-state index in [0.717, 1.165) is 19.3 Å². The summed E-state index contributed by atoms with van der Waals surface area (Å²) in [5.74, 6) is 0.711. The molecule has 0 spiro atoms. The minimum absolute atomic E-state index is 0.122. The number of amides is 2. The van der Waals surface area contributed by atoms with E-state index >= 15 is 0 Å². The van der Waals surface area contributed by atoms with Gasteiger partial charge in [0.15, 0.2) is 0 Å². The number of carbonyl (C=O) groups excluding carboxylic acids is 1. The Morgan fingerprint density at radius 3 is 2.67 bits per heavy atom. The fourth-order valence-electron chi connectivity index (χ4n) is 1.84. The van der Waals surface area contributed by atoms with Crippen molar-refractivity contribution < 1.29 is 9.90 Å². The van der Waals surface area contributed by atoms with E-state index in [0.29, 0.717) is 19.0 Å². The molecular weight excluding hydrogens is 192 g/mol. The number of urea groups is 1. The maximum atomic E-state index is 11.3. The minimum Gasteiger partial charge on any atom is -0.393 e. The lowest BCUT2D eigenvalue weighted by molar-refractivity contribution is 0.132. The van der Waals surface area contributed by atoms with E-state index in [1.54, 1.807) is 0 Å². The zero-order valence-corrected chi connectivity index (χ0v) is 9.62. The second kappa shape index (κ2) is 5.95. The van der Waals surface area contributed by atoms with Gasteiger partial charge in [0, 0.05) is 19.0 Å². The molecule has 1 aliphatic rings. The summed E-state index contributed by atoms with van der Waals surface area (Å²) in [6.45, 7) is 5.39. The second-order valence-corrected chi connectivity index (χ2v) is 4.74. The lowest BCUT2D eigenvalue weighted by atomic mass is 10.1. The Morgan fingerprint density at radius 1 is 1.40 bits per heavy atom. The molecule has 88 valence electrons. The largest absolute Gasteiger partial charge is 0.393 e. The molecule has 0 aromatic carbocycles. The highest BCUT2D eigenvalue weighted by molar-refractivity contribution is 5.73. The number of nitrogens with one attached hydrogen (secondary N) is 2. The van der Waals surface area contributed by atoms with Gasteiger partial charge in [-0.1, -0.05) is 20.3 Å². The van der Waals surface area contributed by atoms with Crippen molar-refractivity contribution in [1.29, 1.82) is 0 Å². The number of hydrogen-bond acceptors (Lipinski definition) is 2. The fraction of sp³-hybridized carbons (Fsp3) is 0.909. The molecule has 0 aromatic rings. The van der Waals surface area contributed by atoms with Gasteiger partial charge in [-0.05, 0) is 18.8 Å². The van der Waals surface area contributed by atoms with Crippen molar-refractivity contribution in [2.45, 2.75) is 39.2 Å². The lowest BCUT2D eigenvalue weighted by Gasteiger charge is -2.15. The standard InChI is InChI=1S/C11H22N2O2/c1-8(2)6-12-11(15)13-7-9-4-3-5-10(9)14/h8-10,14H,3-7H2,1-2H3,(H2,12,13,15). The van der Waals surface area contributed by atoms with Crippen LogP contribution < -0.4 is 10.6 Å². The molecule has 0 heterocycles. The molecule has 2 amide bonds. The highest BCUT2D eigenvalue weighted by atomic mass is 16.3. The van der Waals surface area contributed by atoms with Crippen LogP contribution >= 0.6 is 0 Å². The Kier molecular flexibility index (Phi) is 4.88. The van der Waals surface area contributed by atoms with Gasteiger partial charge in [-0.15, -0.1) is 0 Å². The summed E-state index contributed by atoms with van der Waals surface area (Å²) >= 11 is 0. The van der Waals surface area contributed by atoms with Gasteiger partial charge in [-0.25, -0.2) is 4.79 Å². The first-order valence-electron chi connectivity index (χ1n) is 5.79. The van der Waals surface area contributed by atoms with E-state index in [-0.39, 0.29) is 18.1 Å². The summed E-state index contributed by atoms with van der Waals surface area (Å²) in [7, 11) is 0. The van der Waals surface area contributed by atoms with Crippen LogP contribution in [0.25, 0.3) is 0 Å². The third-order valence-electron chi connectivity index (χ3n) is 2.81. The molecule has 4 nitrogen and oxygen atoms in total. The van der Waals surface area contributed by atoms with Crippen molar-refractivity contribution in [1.82, 2.24) is 10.6 Å². The molecule has 3 N–H and O–H groups in total. The van der Waals surface area contributed by atoms with Crippen LogP contribution in [-0.4, -0.2) is 30.3 Å². The minimum atomic E-state index is -0.226. The van der Waals surface area contributed by atoms with E-state index in [4.69, 9.17) is 0 Å². The monoisotopic (exact) mass is 214 g/mol. The van der Waals surface area contributed by atoms with E-state index in [1.165, 1.54) is 0 Å². The van der Waals surface area contributed by atoms with Crippen molar-refractivity contribution in [3.8, 4) is 0 Å². The average molecular weight is 214 g/mol. The third-order valence-corrected chi connectivity index (χ3v) is 2.81. The summed E-state index contributed by atoms with van der Waals surface area (Å²) in [5.41, 5.74) is 0. The molecule has 1 aliphatic carbocycles. The Labute approximate surface area is 91.4 Å². The molecule has 15 heavy (non-hydrogen) atoms. The molecule has 0 aromatic heterocycles. The van der Waals surface area contributed by atoms with Crippen LogP contribution in [0.4, 0.5) is 4.79 Å². The number of rotatable bonds is 4. The number of aliphatic hydroxyl groups excluding tert-OH is 1. The second-order valence-electron chi connectivity index (χ2n) is 4.74. The van der Waals surface area contributed by atoms with Crippen LogP contribution in [0.3, 0.4) is 0 Å². The fourth-order valence-corrected chi connectivity index (χ4v) is 1.84. The SMILES string of the molecule is CC(C)CNC(=O)NCC1CCCC1O. The predicted octanol–water partition coefficient (Wildman–Crippen LogP) is 1.10. The molecular formula is C11H22N2O2. The van der Waals surface area contributed by atoms with Crippen molar-refractivity contribution in [3.05, 3.63) is 0 Å². The summed E-state index contributed by atoms with van der Waals surface area (Å²) < 4.78 is 0. The van der Waals surface area contributed by atoms with E-state index in [9.17, 15) is 9.90 Å². The first kappa shape index (κ1) is 12.3. The number of carbonyl (C=O) groups is 1. The molecule has 2 atom stereocenters. The van der Waals surface area contributed by atoms with Crippen LogP contribution in [-0.2, 0) is 0 Å². The van der Waals surface area contributed by atoms with Crippen LogP contribution in [0.1, 0.15) is 33.1 Å². The molecule has 0 saturated heterocycles. The van der Waals surface area contributed by atoms with Crippen LogP contribution in [0.5, 0.6) is 0 Å². The Balaban J connectivity index is 2.11. The predicted molar refractivity (Wildman–Crippen MR) is 59.6 cm³/mol. The topological polar surface area (TPSA) is 61.4 Å². The van der Waals surface area contributed by atoms with Crippen LogP contribution in [0.15, 0.2) is 0 Å². The van der Waals surface area contributed by atoms with Gasteiger partial charge in [0.25, 0.3) is 0 Å². The Hall–Kier alpha value is -0.770. The zero-order chi connectivity index (χ0) is 11.3. The average Bonchev–Trinajstić information content (AvgIpc) is 2.58. The van der Waals surface area contributed by atoms with E-state index < -0.39 is 0 Å². The maximum Gasteiger partial charge on any atom is 0.314 e. The normalized spacial score (nSPS) is 25.6. The van der Waals surface area contributed by atoms with E-state index in [1.807, 2.05) is 0 Å². The Bertz CT molecular complexity index is 207. The first-order chi connectivity index (χ1) is 7.09. The number of hydrogen-bond donors (Lipinski definition) is 3. The van der Waals surface area contributed by atoms with Crippen molar-refractivity contribution in [2.75, 3.05) is 13.1 Å². The molecule has 1 rings (SSSR count). The molecule has 0 bridgehead atoms. The van der Waals surface area contributed by atoms with Gasteiger partial charge in [-0.3, -0.25) is 0 Å². The summed E-state index contributed by atoms with van der Waals surface area (Å²) in [5, 5.41) is 15.1. The van der Waals surface area contributed by atoms with Gasteiger partial charge >= 0.3 is 6.03 Å². The molecule has 1 fully saturated rings. The first-order valence-corrected chi connectivity index (χ1v) is 5.79. The molecule has 0 aliphatic heterocycles. The summed E-state index contributed by atoms with van der Waals surface area (Å²) in [6, 6.07) is -0.122. The molecule has 2 unspecified atom stereocenters. The molecule has 0 radical (unpaired) electrons. The molecule has 1 saturated carbocycles. The van der Waals surface area contributed by atoms with Gasteiger partial charge in [0.05, 0.1) is 6.10 Å². The zero-order valence-electron chi connectivity index (χ0n) is 9.62. The van der Waals surface area contributed by atoms with Gasteiger partial charge in [0.2, 0.25) is 0 Å². The highest BCUT2D eigenvalue weighted by Crippen LogP contribution is 2.24. The van der Waals surface area contributed by atoms with Crippen LogP contribution in [0.2, 0.25) is 0 Å². The number of aliphatic hydroxyl groups is 1. The maximum absolute atomic E-state index is 11.3. The quantitative estimate of drug-likeness (QED) is 0.656. The summed E-state index contributed by atoms with van der Waals surface area (Å²) in [6.07, 6.45) is 2.74. The van der Waals surface area contributed by atoms with Gasteiger partial charge in [0.1, 0.15) is 0 Å². The van der Waals surface area contributed by atoms with Gasteiger partial charge in [-0.2, -0.15) is 0 Å². The van der Waals surface area contributed by atoms with Crippen molar-refractivity contribution in [3.63, 3.8) is 0 Å². The van der Waals surface area contributed by atoms with Gasteiger partial charge < -0.3 is 15.7 Å². The van der Waals surface area contributed by atoms with Crippen molar-refractivity contribution >= 4 is 6.03 Å². The van der Waals surface area contributed by atoms with E-state index in [2.05, 4.69) is 24.5 Å². The van der Waals surface area contributed by atoms with Crippen molar-refractivity contribution in [2.24, 2.45) is 11.8 Å². The van der Waals surface area contributed by atoms with Crippen LogP contribution in [0, 0.1) is 11.8 Å². The summed E-state index contributed by atoms with van der Waals surface area (Å²) in [4.78, 5) is 11.3. The molecule has 4 heteroatoms. The third kappa shape index (κ3) is 4.51. The lowest BCUT2D eigenvalue weighted by Crippen LogP contribution is -2.40.